The molecular formula is C8H8N2O2S. The average molecular weight is 196 g/mol. The van der Waals surface area contributed by atoms with Crippen LogP contribution in [-0.2, 0) is 0 Å². The molecule has 0 aliphatic rings. The molecule has 2 aromatic rings. The van der Waals surface area contributed by atoms with E-state index in [0.717, 1.165) is 4.70 Å². The first kappa shape index (κ1) is 8.25. The Balaban J connectivity index is 2.55. The number of nitrogens with one attached hydrogen (secondary N) is 1. The lowest BCUT2D eigenvalue weighted by molar-refractivity contribution is 0.339. The van der Waals surface area contributed by atoms with Gasteiger partial charge in [0.2, 0.25) is 5.56 Å². The van der Waals surface area contributed by atoms with Crippen LogP contribution < -0.4 is 10.3 Å². The molecule has 0 fully saturated rings. The second kappa shape index (κ2) is 3.18. The quantitative estimate of drug-likeness (QED) is 0.789. The normalized spacial score (nSPS) is 10.5. The molecule has 0 aromatic carbocycles. The number of H-pyrrole nitrogens is 1. The SMILES string of the molecule is CCOc1nc2[nH]c(=O)ccc2s1. The van der Waals surface area contributed by atoms with Crippen LogP contribution in [0.1, 0.15) is 6.92 Å². The largest absolute Gasteiger partial charge is 0.470 e. The van der Waals surface area contributed by atoms with Crippen molar-refractivity contribution in [1.29, 1.82) is 0 Å². The van der Waals surface area contributed by atoms with Crippen molar-refractivity contribution >= 4 is 21.7 Å². The van der Waals surface area contributed by atoms with Crippen molar-refractivity contribution in [2.24, 2.45) is 0 Å². The summed E-state index contributed by atoms with van der Waals surface area (Å²) in [5, 5.41) is 0.597. The van der Waals surface area contributed by atoms with Gasteiger partial charge >= 0.3 is 0 Å². The summed E-state index contributed by atoms with van der Waals surface area (Å²) in [4.78, 5) is 17.7. The standard InChI is InChI=1S/C8H8N2O2S/c1-2-12-8-10-7-5(13-8)3-4-6(11)9-7/h3-4H,2H2,1H3,(H,9,11). The van der Waals surface area contributed by atoms with Crippen LogP contribution in [0.15, 0.2) is 16.9 Å². The second-order valence-corrected chi connectivity index (χ2v) is 3.44. The summed E-state index contributed by atoms with van der Waals surface area (Å²) in [6.45, 7) is 2.48. The minimum atomic E-state index is -0.138. The number of thiazole rings is 1. The smallest absolute Gasteiger partial charge is 0.275 e. The molecular weight excluding hydrogens is 188 g/mol. The first-order valence-electron chi connectivity index (χ1n) is 3.92. The van der Waals surface area contributed by atoms with Gasteiger partial charge < -0.3 is 9.72 Å². The van der Waals surface area contributed by atoms with Crippen LogP contribution in [0.2, 0.25) is 0 Å². The van der Waals surface area contributed by atoms with E-state index >= 15 is 0 Å². The summed E-state index contributed by atoms with van der Waals surface area (Å²) in [6, 6.07) is 3.23. The van der Waals surface area contributed by atoms with E-state index in [2.05, 4.69) is 9.97 Å². The molecule has 13 heavy (non-hydrogen) atoms. The number of pyridine rings is 1. The number of fused-ring (bicyclic) bond motifs is 1. The van der Waals surface area contributed by atoms with Gasteiger partial charge in [-0.15, -0.1) is 0 Å². The number of aromatic amines is 1. The van der Waals surface area contributed by atoms with E-state index in [1.165, 1.54) is 17.4 Å². The Hall–Kier alpha value is -1.36. The molecule has 0 saturated heterocycles. The van der Waals surface area contributed by atoms with Crippen LogP contribution in [0.25, 0.3) is 10.3 Å². The van der Waals surface area contributed by atoms with Gasteiger partial charge in [-0.1, -0.05) is 11.3 Å². The molecule has 1 N–H and O–H groups in total. The van der Waals surface area contributed by atoms with E-state index in [1.807, 2.05) is 6.92 Å². The van der Waals surface area contributed by atoms with Crippen LogP contribution in [0.4, 0.5) is 0 Å². The van der Waals surface area contributed by atoms with Gasteiger partial charge in [0.1, 0.15) is 0 Å². The van der Waals surface area contributed by atoms with Crippen molar-refractivity contribution in [2.45, 2.75) is 6.92 Å². The average Bonchev–Trinajstić information content (AvgIpc) is 2.46. The Kier molecular flexibility index (Phi) is 2.02. The van der Waals surface area contributed by atoms with Gasteiger partial charge in [-0.2, -0.15) is 4.98 Å². The molecule has 2 aromatic heterocycles. The molecule has 0 atom stereocenters. The zero-order chi connectivity index (χ0) is 9.26. The highest BCUT2D eigenvalue weighted by Gasteiger charge is 2.03. The summed E-state index contributed by atoms with van der Waals surface area (Å²) < 4.78 is 6.15. The highest BCUT2D eigenvalue weighted by Crippen LogP contribution is 2.24. The van der Waals surface area contributed by atoms with Crippen molar-refractivity contribution < 1.29 is 4.74 Å². The topological polar surface area (TPSA) is 55.0 Å². The van der Waals surface area contributed by atoms with Crippen LogP contribution in [0, 0.1) is 0 Å². The fourth-order valence-corrected chi connectivity index (χ4v) is 1.84. The minimum absolute atomic E-state index is 0.138. The number of rotatable bonds is 2. The lowest BCUT2D eigenvalue weighted by Gasteiger charge is -1.91. The van der Waals surface area contributed by atoms with Gasteiger partial charge in [0, 0.05) is 6.07 Å². The molecule has 0 amide bonds. The summed E-state index contributed by atoms with van der Waals surface area (Å²) in [5.41, 5.74) is 0.460. The van der Waals surface area contributed by atoms with Crippen LogP contribution in [0.5, 0.6) is 5.19 Å². The van der Waals surface area contributed by atoms with Crippen molar-refractivity contribution in [1.82, 2.24) is 9.97 Å². The number of aromatic nitrogens is 2. The van der Waals surface area contributed by atoms with Crippen molar-refractivity contribution in [3.05, 3.63) is 22.5 Å². The third-order valence-corrected chi connectivity index (χ3v) is 2.46. The van der Waals surface area contributed by atoms with E-state index < -0.39 is 0 Å². The number of ether oxygens (including phenoxy) is 1. The maximum absolute atomic E-state index is 10.9. The van der Waals surface area contributed by atoms with Crippen LogP contribution >= 0.6 is 11.3 Å². The maximum Gasteiger partial charge on any atom is 0.275 e. The van der Waals surface area contributed by atoms with Gasteiger partial charge in [-0.25, -0.2) is 0 Å². The molecule has 0 spiro atoms. The third kappa shape index (κ3) is 1.55. The second-order valence-electron chi connectivity index (χ2n) is 2.45. The highest BCUT2D eigenvalue weighted by atomic mass is 32.1. The first-order chi connectivity index (χ1) is 6.29. The molecule has 0 bridgehead atoms. The molecule has 68 valence electrons. The minimum Gasteiger partial charge on any atom is -0.470 e. The van der Waals surface area contributed by atoms with Gasteiger partial charge in [-0.3, -0.25) is 4.79 Å². The van der Waals surface area contributed by atoms with E-state index in [0.29, 0.717) is 17.4 Å². The summed E-state index contributed by atoms with van der Waals surface area (Å²) in [5.74, 6) is 0. The van der Waals surface area contributed by atoms with Crippen molar-refractivity contribution in [3.8, 4) is 5.19 Å². The zero-order valence-electron chi connectivity index (χ0n) is 7.03. The molecule has 5 heteroatoms. The Bertz CT molecular complexity index is 474. The van der Waals surface area contributed by atoms with Crippen molar-refractivity contribution in [2.75, 3.05) is 6.61 Å². The number of nitrogens with zero attached hydrogens (tertiary/aromatic N) is 1. The fraction of sp³-hybridized carbons (Fsp3) is 0.250. The highest BCUT2D eigenvalue weighted by molar-refractivity contribution is 7.20. The number of hydrogen-bond acceptors (Lipinski definition) is 4. The molecule has 2 heterocycles. The molecule has 4 nitrogen and oxygen atoms in total. The molecule has 0 radical (unpaired) electrons. The molecule has 0 unspecified atom stereocenters. The van der Waals surface area contributed by atoms with Gasteiger partial charge in [0.05, 0.1) is 11.3 Å². The summed E-state index contributed by atoms with van der Waals surface area (Å²) in [7, 11) is 0. The Labute approximate surface area is 78.2 Å². The molecule has 0 aliphatic carbocycles. The van der Waals surface area contributed by atoms with E-state index in [-0.39, 0.29) is 5.56 Å². The van der Waals surface area contributed by atoms with E-state index in [1.54, 1.807) is 6.07 Å². The Morgan fingerprint density at radius 1 is 1.62 bits per heavy atom. The maximum atomic E-state index is 10.9. The Morgan fingerprint density at radius 2 is 2.46 bits per heavy atom. The lowest BCUT2D eigenvalue weighted by atomic mass is 10.5. The molecule has 0 aliphatic heterocycles. The number of hydrogen-bond donors (Lipinski definition) is 1. The van der Waals surface area contributed by atoms with E-state index in [9.17, 15) is 4.79 Å². The Morgan fingerprint density at radius 3 is 3.23 bits per heavy atom. The third-order valence-electron chi connectivity index (χ3n) is 1.53. The van der Waals surface area contributed by atoms with Crippen molar-refractivity contribution in [3.63, 3.8) is 0 Å². The molecule has 0 saturated carbocycles. The van der Waals surface area contributed by atoms with Crippen LogP contribution in [0.3, 0.4) is 0 Å². The van der Waals surface area contributed by atoms with Gasteiger partial charge in [0.15, 0.2) is 5.65 Å². The summed E-state index contributed by atoms with van der Waals surface area (Å²) >= 11 is 1.43. The monoisotopic (exact) mass is 196 g/mol. The lowest BCUT2D eigenvalue weighted by Crippen LogP contribution is -2.01. The molecule has 2 rings (SSSR count). The first-order valence-corrected chi connectivity index (χ1v) is 4.74. The van der Waals surface area contributed by atoms with Gasteiger partial charge in [0.25, 0.3) is 5.19 Å². The predicted molar refractivity (Wildman–Crippen MR) is 51.4 cm³/mol. The zero-order valence-corrected chi connectivity index (χ0v) is 7.85. The fourth-order valence-electron chi connectivity index (χ4n) is 1.01. The summed E-state index contributed by atoms with van der Waals surface area (Å²) in [6.07, 6.45) is 0. The predicted octanol–water partition coefficient (Wildman–Crippen LogP) is 1.38. The van der Waals surface area contributed by atoms with Crippen LogP contribution in [-0.4, -0.2) is 16.6 Å². The van der Waals surface area contributed by atoms with Gasteiger partial charge in [-0.05, 0) is 13.0 Å². The van der Waals surface area contributed by atoms with E-state index in [4.69, 9.17) is 4.74 Å².